The number of anilines is 1. The van der Waals surface area contributed by atoms with Gasteiger partial charge in [0.05, 0.1) is 19.2 Å². The molecule has 1 unspecified atom stereocenters. The highest BCUT2D eigenvalue weighted by molar-refractivity contribution is 6.30. The van der Waals surface area contributed by atoms with Gasteiger partial charge in [0, 0.05) is 50.0 Å². The van der Waals surface area contributed by atoms with Crippen LogP contribution in [0.2, 0.25) is 5.02 Å². The number of benzene rings is 1. The standard InChI is InChI=1S/C23H26ClN5O5/c24-16-3-5-17(6-4-16)26-20(30)14-18-22(32)25-7-8-29(18)21(31)15-27-9-11-28(12-10-27)23(33)19-2-1-13-34-19/h1-6,13,18H,7-12,14-15H2,(H,25,32)(H,26,30). The van der Waals surface area contributed by atoms with E-state index in [-0.39, 0.29) is 36.6 Å². The van der Waals surface area contributed by atoms with Gasteiger partial charge in [-0.05, 0) is 36.4 Å². The first kappa shape index (κ1) is 23.8. The summed E-state index contributed by atoms with van der Waals surface area (Å²) in [4.78, 5) is 55.6. The number of nitrogens with zero attached hydrogens (tertiary/aromatic N) is 3. The zero-order chi connectivity index (χ0) is 24.1. The Hall–Kier alpha value is -3.37. The van der Waals surface area contributed by atoms with Gasteiger partial charge < -0.3 is 24.9 Å². The second-order valence-electron chi connectivity index (χ2n) is 8.20. The van der Waals surface area contributed by atoms with Crippen LogP contribution >= 0.6 is 11.6 Å². The maximum absolute atomic E-state index is 13.1. The monoisotopic (exact) mass is 487 g/mol. The molecule has 0 spiro atoms. The molecular formula is C23H26ClN5O5. The first-order valence-electron chi connectivity index (χ1n) is 11.1. The van der Waals surface area contributed by atoms with Gasteiger partial charge in [0.15, 0.2) is 5.76 Å². The minimum Gasteiger partial charge on any atom is -0.459 e. The lowest BCUT2D eigenvalue weighted by atomic mass is 10.1. The molecule has 1 aromatic heterocycles. The summed E-state index contributed by atoms with van der Waals surface area (Å²) < 4.78 is 5.17. The summed E-state index contributed by atoms with van der Waals surface area (Å²) in [6.07, 6.45) is 1.31. The molecule has 0 aliphatic carbocycles. The lowest BCUT2D eigenvalue weighted by Gasteiger charge is -2.38. The Morgan fingerprint density at radius 3 is 2.47 bits per heavy atom. The highest BCUT2D eigenvalue weighted by Gasteiger charge is 2.35. The van der Waals surface area contributed by atoms with Crippen molar-refractivity contribution in [1.82, 2.24) is 20.0 Å². The average molecular weight is 488 g/mol. The van der Waals surface area contributed by atoms with E-state index in [1.54, 1.807) is 41.3 Å². The fourth-order valence-corrected chi connectivity index (χ4v) is 4.21. The van der Waals surface area contributed by atoms with Crippen LogP contribution in [-0.4, -0.2) is 90.2 Å². The summed E-state index contributed by atoms with van der Waals surface area (Å²) in [5.41, 5.74) is 0.561. The van der Waals surface area contributed by atoms with E-state index < -0.39 is 6.04 Å². The van der Waals surface area contributed by atoms with E-state index in [4.69, 9.17) is 16.0 Å². The van der Waals surface area contributed by atoms with Crippen LogP contribution in [0.25, 0.3) is 0 Å². The zero-order valence-corrected chi connectivity index (χ0v) is 19.3. The van der Waals surface area contributed by atoms with Crippen molar-refractivity contribution in [3.8, 4) is 0 Å². The van der Waals surface area contributed by atoms with E-state index >= 15 is 0 Å². The largest absolute Gasteiger partial charge is 0.459 e. The molecule has 4 rings (SSSR count). The number of rotatable bonds is 6. The number of furan rings is 1. The minimum atomic E-state index is -0.879. The average Bonchev–Trinajstić information content (AvgIpc) is 3.37. The van der Waals surface area contributed by atoms with Gasteiger partial charge in [-0.1, -0.05) is 11.6 Å². The Labute approximate surface area is 201 Å². The van der Waals surface area contributed by atoms with Gasteiger partial charge in [0.2, 0.25) is 17.7 Å². The van der Waals surface area contributed by atoms with Crippen molar-refractivity contribution in [2.75, 3.05) is 51.1 Å². The van der Waals surface area contributed by atoms with Crippen molar-refractivity contribution in [3.05, 3.63) is 53.4 Å². The molecule has 2 aliphatic heterocycles. The molecule has 34 heavy (non-hydrogen) atoms. The Balaban J connectivity index is 1.31. The highest BCUT2D eigenvalue weighted by Crippen LogP contribution is 2.16. The second kappa shape index (κ2) is 10.7. The van der Waals surface area contributed by atoms with Crippen molar-refractivity contribution < 1.29 is 23.6 Å². The predicted octanol–water partition coefficient (Wildman–Crippen LogP) is 1.05. The summed E-state index contributed by atoms with van der Waals surface area (Å²) in [6, 6.07) is 9.06. The number of carbonyl (C=O) groups excluding carboxylic acids is 4. The molecular weight excluding hydrogens is 462 g/mol. The number of hydrogen-bond acceptors (Lipinski definition) is 6. The second-order valence-corrected chi connectivity index (χ2v) is 8.64. The van der Waals surface area contributed by atoms with E-state index in [2.05, 4.69) is 10.6 Å². The van der Waals surface area contributed by atoms with Gasteiger partial charge in [-0.2, -0.15) is 0 Å². The Morgan fingerprint density at radius 1 is 1.06 bits per heavy atom. The first-order valence-corrected chi connectivity index (χ1v) is 11.5. The summed E-state index contributed by atoms with van der Waals surface area (Å²) in [5, 5.41) is 6.01. The maximum Gasteiger partial charge on any atom is 0.289 e. The van der Waals surface area contributed by atoms with Crippen LogP contribution in [-0.2, 0) is 14.4 Å². The van der Waals surface area contributed by atoms with Crippen LogP contribution in [0.1, 0.15) is 17.0 Å². The van der Waals surface area contributed by atoms with Gasteiger partial charge in [0.25, 0.3) is 5.91 Å². The third-order valence-electron chi connectivity index (χ3n) is 5.91. The fraction of sp³-hybridized carbons (Fsp3) is 0.391. The number of hydrogen-bond donors (Lipinski definition) is 2. The number of carbonyl (C=O) groups is 4. The quantitative estimate of drug-likeness (QED) is 0.629. The van der Waals surface area contributed by atoms with Crippen molar-refractivity contribution in [3.63, 3.8) is 0 Å². The van der Waals surface area contributed by atoms with E-state index in [1.807, 2.05) is 4.90 Å². The topological polar surface area (TPSA) is 115 Å². The van der Waals surface area contributed by atoms with Crippen LogP contribution in [0.3, 0.4) is 0 Å². The third kappa shape index (κ3) is 5.75. The van der Waals surface area contributed by atoms with E-state index in [0.717, 1.165) is 0 Å². The van der Waals surface area contributed by atoms with Crippen LogP contribution in [0, 0.1) is 0 Å². The predicted molar refractivity (Wildman–Crippen MR) is 124 cm³/mol. The van der Waals surface area contributed by atoms with E-state index in [9.17, 15) is 19.2 Å². The molecule has 1 atom stereocenters. The van der Waals surface area contributed by atoms with Gasteiger partial charge in [-0.25, -0.2) is 0 Å². The first-order chi connectivity index (χ1) is 16.4. The Morgan fingerprint density at radius 2 is 1.79 bits per heavy atom. The zero-order valence-electron chi connectivity index (χ0n) is 18.5. The molecule has 0 saturated carbocycles. The molecule has 0 bridgehead atoms. The van der Waals surface area contributed by atoms with Gasteiger partial charge in [-0.15, -0.1) is 0 Å². The van der Waals surface area contributed by atoms with E-state index in [0.29, 0.717) is 55.7 Å². The van der Waals surface area contributed by atoms with Crippen molar-refractivity contribution in [2.45, 2.75) is 12.5 Å². The fourth-order valence-electron chi connectivity index (χ4n) is 4.08. The molecule has 10 nitrogen and oxygen atoms in total. The molecule has 1 aromatic carbocycles. The van der Waals surface area contributed by atoms with Crippen LogP contribution < -0.4 is 10.6 Å². The van der Waals surface area contributed by atoms with Gasteiger partial charge in [-0.3, -0.25) is 24.1 Å². The molecule has 2 fully saturated rings. The van der Waals surface area contributed by atoms with Crippen molar-refractivity contribution >= 4 is 40.9 Å². The van der Waals surface area contributed by atoms with E-state index in [1.165, 1.54) is 11.2 Å². The van der Waals surface area contributed by atoms with Crippen molar-refractivity contribution in [2.24, 2.45) is 0 Å². The molecule has 11 heteroatoms. The van der Waals surface area contributed by atoms with Crippen LogP contribution in [0.4, 0.5) is 5.69 Å². The lowest BCUT2D eigenvalue weighted by Crippen LogP contribution is -2.60. The van der Waals surface area contributed by atoms with Gasteiger partial charge in [0.1, 0.15) is 6.04 Å². The summed E-state index contributed by atoms with van der Waals surface area (Å²) in [5.74, 6) is -0.809. The maximum atomic E-state index is 13.1. The summed E-state index contributed by atoms with van der Waals surface area (Å²) in [7, 11) is 0. The Kier molecular flexibility index (Phi) is 7.49. The third-order valence-corrected chi connectivity index (χ3v) is 6.16. The van der Waals surface area contributed by atoms with Crippen LogP contribution in [0.15, 0.2) is 47.1 Å². The normalized spacial score (nSPS) is 19.0. The molecule has 4 amide bonds. The summed E-state index contributed by atoms with van der Waals surface area (Å²) >= 11 is 5.87. The highest BCUT2D eigenvalue weighted by atomic mass is 35.5. The number of nitrogens with one attached hydrogen (secondary N) is 2. The van der Waals surface area contributed by atoms with Crippen LogP contribution in [0.5, 0.6) is 0 Å². The Bertz CT molecular complexity index is 1030. The number of amides is 4. The molecule has 0 radical (unpaired) electrons. The minimum absolute atomic E-state index is 0.116. The lowest BCUT2D eigenvalue weighted by molar-refractivity contribution is -0.145. The molecule has 2 saturated heterocycles. The molecule has 2 aliphatic rings. The molecule has 2 aromatic rings. The number of piperazine rings is 2. The van der Waals surface area contributed by atoms with Gasteiger partial charge >= 0.3 is 0 Å². The number of halogens is 1. The smallest absolute Gasteiger partial charge is 0.289 e. The molecule has 2 N–H and O–H groups in total. The molecule has 3 heterocycles. The SMILES string of the molecule is O=C(CC1C(=O)NCCN1C(=O)CN1CCN(C(=O)c2ccco2)CC1)Nc1ccc(Cl)cc1. The summed E-state index contributed by atoms with van der Waals surface area (Å²) in [6.45, 7) is 2.79. The molecule has 180 valence electrons. The van der Waals surface area contributed by atoms with Crippen molar-refractivity contribution in [1.29, 1.82) is 0 Å².